The van der Waals surface area contributed by atoms with Crippen LogP contribution in [0.1, 0.15) is 22.4 Å². The number of benzene rings is 3. The first kappa shape index (κ1) is 18.6. The number of H-pyrrole nitrogens is 1. The maximum atomic E-state index is 12.9. The fraction of sp³-hybridized carbons (Fsp3) is 0. The van der Waals surface area contributed by atoms with E-state index in [1.807, 2.05) is 97.2 Å². The van der Waals surface area contributed by atoms with E-state index in [9.17, 15) is 4.79 Å². The van der Waals surface area contributed by atoms with Crippen LogP contribution in [0.3, 0.4) is 0 Å². The molecule has 0 spiro atoms. The lowest BCUT2D eigenvalue weighted by Crippen LogP contribution is -2.10. The number of aromatic nitrogens is 2. The maximum Gasteiger partial charge on any atom is 0.258 e. The summed E-state index contributed by atoms with van der Waals surface area (Å²) in [4.78, 5) is 20.0. The monoisotopic (exact) mass is 404 g/mol. The average Bonchev–Trinajstić information content (AvgIpc) is 3.45. The van der Waals surface area contributed by atoms with Gasteiger partial charge in [-0.3, -0.25) is 4.79 Å². The molecule has 5 heteroatoms. The van der Waals surface area contributed by atoms with Gasteiger partial charge in [0.2, 0.25) is 0 Å². The second kappa shape index (κ2) is 8.16. The lowest BCUT2D eigenvalue weighted by molar-refractivity contribution is -0.110. The number of amides is 1. The van der Waals surface area contributed by atoms with Gasteiger partial charge in [-0.2, -0.15) is 0 Å². The van der Waals surface area contributed by atoms with Gasteiger partial charge in [-0.25, -0.2) is 4.98 Å². The second-order valence-electron chi connectivity index (χ2n) is 7.19. The number of rotatable bonds is 5. The molecule has 0 atom stereocenters. The van der Waals surface area contributed by atoms with Gasteiger partial charge in [0.15, 0.2) is 0 Å². The van der Waals surface area contributed by atoms with Crippen molar-refractivity contribution in [3.63, 3.8) is 0 Å². The summed E-state index contributed by atoms with van der Waals surface area (Å²) in [5.74, 6) is -0.105. The van der Waals surface area contributed by atoms with Crippen molar-refractivity contribution in [3.05, 3.63) is 114 Å². The van der Waals surface area contributed by atoms with Crippen molar-refractivity contribution in [2.24, 2.45) is 0 Å². The van der Waals surface area contributed by atoms with Gasteiger partial charge < -0.3 is 15.6 Å². The van der Waals surface area contributed by atoms with E-state index < -0.39 is 0 Å². The molecule has 150 valence electrons. The highest BCUT2D eigenvalue weighted by molar-refractivity contribution is 6.37. The Morgan fingerprint density at radius 2 is 1.65 bits per heavy atom. The predicted molar refractivity (Wildman–Crippen MR) is 126 cm³/mol. The van der Waals surface area contributed by atoms with Gasteiger partial charge >= 0.3 is 0 Å². The van der Waals surface area contributed by atoms with E-state index >= 15 is 0 Å². The number of carbonyl (C=O) groups is 1. The Labute approximate surface area is 180 Å². The Morgan fingerprint density at radius 3 is 2.42 bits per heavy atom. The van der Waals surface area contributed by atoms with Crippen molar-refractivity contribution >= 4 is 40.7 Å². The summed E-state index contributed by atoms with van der Waals surface area (Å²) < 4.78 is 0. The number of anilines is 2. The minimum Gasteiger partial charge on any atom is -0.354 e. The molecule has 5 nitrogen and oxygen atoms in total. The van der Waals surface area contributed by atoms with Crippen LogP contribution in [0.5, 0.6) is 0 Å². The van der Waals surface area contributed by atoms with Gasteiger partial charge in [0, 0.05) is 23.1 Å². The molecule has 1 aliphatic heterocycles. The highest BCUT2D eigenvalue weighted by Crippen LogP contribution is 2.37. The predicted octanol–water partition coefficient (Wildman–Crippen LogP) is 5.51. The number of carbonyl (C=O) groups excluding carboxylic acids is 1. The van der Waals surface area contributed by atoms with Crippen LogP contribution in [0.4, 0.5) is 11.4 Å². The molecule has 1 aromatic heterocycles. The molecule has 3 N–H and O–H groups in total. The van der Waals surface area contributed by atoms with Crippen LogP contribution < -0.4 is 10.6 Å². The van der Waals surface area contributed by atoms with E-state index in [2.05, 4.69) is 20.6 Å². The van der Waals surface area contributed by atoms with Crippen molar-refractivity contribution in [2.45, 2.75) is 0 Å². The number of nitrogens with one attached hydrogen (secondary N) is 3. The smallest absolute Gasteiger partial charge is 0.258 e. The SMILES string of the molecule is O=C1Nc2ccccc2C1=C(Nc1ccc(C=Cc2c[nH]cn2)cc1)c1ccccc1. The van der Waals surface area contributed by atoms with E-state index in [-0.39, 0.29) is 5.91 Å². The highest BCUT2D eigenvalue weighted by Gasteiger charge is 2.27. The summed E-state index contributed by atoms with van der Waals surface area (Å²) in [5.41, 5.74) is 6.95. The van der Waals surface area contributed by atoms with E-state index in [4.69, 9.17) is 0 Å². The maximum absolute atomic E-state index is 12.9. The lowest BCUT2D eigenvalue weighted by Gasteiger charge is -2.15. The minimum absolute atomic E-state index is 0.105. The van der Waals surface area contributed by atoms with Gasteiger partial charge in [0.05, 0.1) is 23.3 Å². The zero-order valence-electron chi connectivity index (χ0n) is 16.7. The molecule has 0 aliphatic carbocycles. The molecule has 0 fully saturated rings. The third kappa shape index (κ3) is 3.89. The third-order valence-corrected chi connectivity index (χ3v) is 5.13. The Balaban J connectivity index is 1.50. The van der Waals surface area contributed by atoms with Crippen LogP contribution >= 0.6 is 0 Å². The van der Waals surface area contributed by atoms with Crippen LogP contribution in [0, 0.1) is 0 Å². The van der Waals surface area contributed by atoms with Gasteiger partial charge in [0.25, 0.3) is 5.91 Å². The van der Waals surface area contributed by atoms with Crippen molar-refractivity contribution in [3.8, 4) is 0 Å². The summed E-state index contributed by atoms with van der Waals surface area (Å²) in [6, 6.07) is 25.7. The Kier molecular flexibility index (Phi) is 4.91. The van der Waals surface area contributed by atoms with Crippen molar-refractivity contribution in [1.29, 1.82) is 0 Å². The van der Waals surface area contributed by atoms with Crippen LogP contribution in [-0.2, 0) is 4.79 Å². The number of fused-ring (bicyclic) bond motifs is 1. The van der Waals surface area contributed by atoms with E-state index in [1.54, 1.807) is 6.33 Å². The van der Waals surface area contributed by atoms with Crippen LogP contribution in [0.2, 0.25) is 0 Å². The molecule has 3 aromatic carbocycles. The summed E-state index contributed by atoms with van der Waals surface area (Å²) in [6.45, 7) is 0. The molecule has 1 amide bonds. The van der Waals surface area contributed by atoms with Crippen LogP contribution in [0.25, 0.3) is 23.4 Å². The van der Waals surface area contributed by atoms with Gasteiger partial charge in [-0.05, 0) is 35.4 Å². The zero-order valence-corrected chi connectivity index (χ0v) is 16.7. The summed E-state index contributed by atoms with van der Waals surface area (Å²) >= 11 is 0. The normalized spacial score (nSPS) is 14.4. The molecular formula is C26H20N4O. The first-order valence-corrected chi connectivity index (χ1v) is 10.0. The minimum atomic E-state index is -0.105. The molecule has 2 heterocycles. The highest BCUT2D eigenvalue weighted by atomic mass is 16.2. The Morgan fingerprint density at radius 1 is 0.871 bits per heavy atom. The molecule has 0 bridgehead atoms. The number of hydrogen-bond donors (Lipinski definition) is 3. The summed E-state index contributed by atoms with van der Waals surface area (Å²) in [7, 11) is 0. The van der Waals surface area contributed by atoms with E-state index in [0.717, 1.165) is 39.5 Å². The van der Waals surface area contributed by atoms with E-state index in [0.29, 0.717) is 5.57 Å². The molecule has 0 saturated carbocycles. The number of hydrogen-bond acceptors (Lipinski definition) is 3. The molecule has 31 heavy (non-hydrogen) atoms. The molecule has 0 radical (unpaired) electrons. The number of para-hydroxylation sites is 1. The van der Waals surface area contributed by atoms with Gasteiger partial charge in [-0.1, -0.05) is 66.7 Å². The lowest BCUT2D eigenvalue weighted by atomic mass is 10.00. The number of imidazole rings is 1. The van der Waals surface area contributed by atoms with Crippen molar-refractivity contribution in [1.82, 2.24) is 9.97 Å². The van der Waals surface area contributed by atoms with Crippen molar-refractivity contribution in [2.75, 3.05) is 10.6 Å². The van der Waals surface area contributed by atoms with Gasteiger partial charge in [0.1, 0.15) is 0 Å². The Bertz CT molecular complexity index is 1270. The standard InChI is InChI=1S/C26H20N4O/c31-26-24(22-8-4-5-9-23(22)30-26)25(19-6-2-1-3-7-19)29-20-13-10-18(11-14-20)12-15-21-16-27-17-28-21/h1-17,29H,(H,27,28)(H,30,31). The van der Waals surface area contributed by atoms with Crippen molar-refractivity contribution < 1.29 is 4.79 Å². The Hall–Kier alpha value is -4.38. The van der Waals surface area contributed by atoms with E-state index in [1.165, 1.54) is 0 Å². The third-order valence-electron chi connectivity index (χ3n) is 5.13. The molecule has 5 rings (SSSR count). The quantitative estimate of drug-likeness (QED) is 0.384. The molecule has 0 unspecified atom stereocenters. The van der Waals surface area contributed by atoms with Crippen LogP contribution in [-0.4, -0.2) is 15.9 Å². The molecule has 0 saturated heterocycles. The largest absolute Gasteiger partial charge is 0.354 e. The second-order valence-corrected chi connectivity index (χ2v) is 7.19. The molecule has 1 aliphatic rings. The van der Waals surface area contributed by atoms with Crippen LogP contribution in [0.15, 0.2) is 91.4 Å². The van der Waals surface area contributed by atoms with Gasteiger partial charge in [-0.15, -0.1) is 0 Å². The zero-order chi connectivity index (χ0) is 21.0. The molecular weight excluding hydrogens is 384 g/mol. The fourth-order valence-electron chi connectivity index (χ4n) is 3.62. The first-order valence-electron chi connectivity index (χ1n) is 10.0. The topological polar surface area (TPSA) is 69.8 Å². The molecule has 4 aromatic rings. The number of aromatic amines is 1. The summed E-state index contributed by atoms with van der Waals surface area (Å²) in [5, 5.41) is 6.45. The fourth-order valence-corrected chi connectivity index (χ4v) is 3.62. The average molecular weight is 404 g/mol. The number of nitrogens with zero attached hydrogens (tertiary/aromatic N) is 1. The summed E-state index contributed by atoms with van der Waals surface area (Å²) in [6.07, 6.45) is 7.46. The first-order chi connectivity index (χ1) is 15.3.